The molecule has 1 aromatic heterocycles. The highest BCUT2D eigenvalue weighted by Crippen LogP contribution is 2.16. The number of sulfonamides is 1. The maximum atomic E-state index is 12.2. The minimum absolute atomic E-state index is 0.0284. The fourth-order valence-electron chi connectivity index (χ4n) is 1.73. The summed E-state index contributed by atoms with van der Waals surface area (Å²) in [5.74, 6) is 0. The van der Waals surface area contributed by atoms with Gasteiger partial charge in [-0.25, -0.2) is 8.42 Å². The molecular formula is C10H14N2O5S. The number of ether oxygens (including phenoxy) is 1. The number of nitrogens with zero attached hydrogens (tertiary/aromatic N) is 1. The zero-order valence-electron chi connectivity index (χ0n) is 9.57. The van der Waals surface area contributed by atoms with Crippen LogP contribution in [0.25, 0.3) is 0 Å². The quantitative estimate of drug-likeness (QED) is 0.718. The first kappa shape index (κ1) is 13.2. The van der Waals surface area contributed by atoms with Crippen molar-refractivity contribution in [1.29, 1.82) is 0 Å². The van der Waals surface area contributed by atoms with Gasteiger partial charge in [-0.3, -0.25) is 4.79 Å². The molecule has 0 bridgehead atoms. The number of rotatable bonds is 3. The third-order valence-electron chi connectivity index (χ3n) is 2.70. The van der Waals surface area contributed by atoms with Gasteiger partial charge in [-0.15, -0.1) is 0 Å². The Hall–Kier alpha value is -1.22. The van der Waals surface area contributed by atoms with Gasteiger partial charge in [-0.2, -0.15) is 4.31 Å². The van der Waals surface area contributed by atoms with E-state index in [-0.39, 0.29) is 36.8 Å². The highest BCUT2D eigenvalue weighted by Gasteiger charge is 2.30. The van der Waals surface area contributed by atoms with E-state index in [1.54, 1.807) is 0 Å². The number of aromatic amines is 1. The fourth-order valence-corrected chi connectivity index (χ4v) is 3.15. The van der Waals surface area contributed by atoms with Crippen molar-refractivity contribution in [3.05, 3.63) is 28.7 Å². The second-order valence-corrected chi connectivity index (χ2v) is 5.86. The van der Waals surface area contributed by atoms with Gasteiger partial charge in [0.2, 0.25) is 15.6 Å². The molecule has 0 saturated carbocycles. The molecule has 100 valence electrons. The lowest BCUT2D eigenvalue weighted by molar-refractivity contribution is -0.0304. The van der Waals surface area contributed by atoms with Crippen LogP contribution >= 0.6 is 0 Å². The third kappa shape index (κ3) is 2.61. The Balaban J connectivity index is 2.25. The van der Waals surface area contributed by atoms with Gasteiger partial charge < -0.3 is 14.8 Å². The zero-order chi connectivity index (χ0) is 13.2. The van der Waals surface area contributed by atoms with Crippen LogP contribution in [0.1, 0.15) is 0 Å². The van der Waals surface area contributed by atoms with Gasteiger partial charge in [0.05, 0.1) is 24.2 Å². The Morgan fingerprint density at radius 2 is 2.28 bits per heavy atom. The highest BCUT2D eigenvalue weighted by atomic mass is 32.2. The molecule has 0 radical (unpaired) electrons. The Morgan fingerprint density at radius 3 is 2.89 bits per heavy atom. The second kappa shape index (κ2) is 5.19. The Bertz CT molecular complexity index is 547. The van der Waals surface area contributed by atoms with Crippen LogP contribution in [-0.2, 0) is 14.8 Å². The van der Waals surface area contributed by atoms with Crippen LogP contribution in [0.2, 0.25) is 0 Å². The molecule has 0 aromatic carbocycles. The minimum Gasteiger partial charge on any atom is -0.394 e. The number of aliphatic hydroxyl groups excluding tert-OH is 1. The topological polar surface area (TPSA) is 99.7 Å². The van der Waals surface area contributed by atoms with E-state index >= 15 is 0 Å². The van der Waals surface area contributed by atoms with Gasteiger partial charge in [0.15, 0.2) is 0 Å². The van der Waals surface area contributed by atoms with E-state index in [0.29, 0.717) is 0 Å². The lowest BCUT2D eigenvalue weighted by atomic mass is 10.3. The van der Waals surface area contributed by atoms with Crippen LogP contribution in [0, 0.1) is 0 Å². The van der Waals surface area contributed by atoms with Gasteiger partial charge in [0.1, 0.15) is 0 Å². The molecule has 2 N–H and O–H groups in total. The number of hydrogen-bond donors (Lipinski definition) is 2. The third-order valence-corrected chi connectivity index (χ3v) is 4.56. The number of morpholine rings is 1. The number of H-pyrrole nitrogens is 1. The van der Waals surface area contributed by atoms with E-state index in [0.717, 1.165) is 6.07 Å². The van der Waals surface area contributed by atoms with Gasteiger partial charge >= 0.3 is 0 Å². The Labute approximate surface area is 104 Å². The summed E-state index contributed by atoms with van der Waals surface area (Å²) in [5.41, 5.74) is -0.357. The average molecular weight is 274 g/mol. The molecule has 7 nitrogen and oxygen atoms in total. The van der Waals surface area contributed by atoms with Crippen molar-refractivity contribution in [3.63, 3.8) is 0 Å². The van der Waals surface area contributed by atoms with Crippen molar-refractivity contribution in [2.75, 3.05) is 26.3 Å². The minimum atomic E-state index is -3.65. The summed E-state index contributed by atoms with van der Waals surface area (Å²) in [6.45, 7) is 0.362. The maximum Gasteiger partial charge on any atom is 0.247 e. The second-order valence-electron chi connectivity index (χ2n) is 3.93. The predicted molar refractivity (Wildman–Crippen MR) is 62.6 cm³/mol. The smallest absolute Gasteiger partial charge is 0.247 e. The van der Waals surface area contributed by atoms with Crippen LogP contribution in [0.15, 0.2) is 28.0 Å². The standard InChI is InChI=1S/C10H14N2O5S/c13-7-8-6-12(3-4-17-8)18(15,16)9-1-2-10(14)11-5-9/h1-2,5,8,13H,3-4,6-7H2,(H,11,14). The molecule has 1 unspecified atom stereocenters. The lowest BCUT2D eigenvalue weighted by Gasteiger charge is -2.31. The number of hydrogen-bond acceptors (Lipinski definition) is 5. The Kier molecular flexibility index (Phi) is 3.81. The number of nitrogens with one attached hydrogen (secondary N) is 1. The van der Waals surface area contributed by atoms with Crippen LogP contribution < -0.4 is 5.56 Å². The van der Waals surface area contributed by atoms with E-state index < -0.39 is 16.1 Å². The molecule has 1 fully saturated rings. The molecule has 18 heavy (non-hydrogen) atoms. The molecule has 1 saturated heterocycles. The zero-order valence-corrected chi connectivity index (χ0v) is 10.4. The first-order valence-electron chi connectivity index (χ1n) is 5.45. The molecule has 8 heteroatoms. The normalized spacial score (nSPS) is 21.9. The number of pyridine rings is 1. The summed E-state index contributed by atoms with van der Waals surface area (Å²) in [4.78, 5) is 13.3. The fraction of sp³-hybridized carbons (Fsp3) is 0.500. The van der Waals surface area contributed by atoms with E-state index in [1.807, 2.05) is 0 Å². The van der Waals surface area contributed by atoms with E-state index in [2.05, 4.69) is 4.98 Å². The summed E-state index contributed by atoms with van der Waals surface area (Å²) < 4.78 is 30.9. The summed E-state index contributed by atoms with van der Waals surface area (Å²) in [6, 6.07) is 2.43. The van der Waals surface area contributed by atoms with Crippen LogP contribution in [0.5, 0.6) is 0 Å². The van der Waals surface area contributed by atoms with E-state index in [9.17, 15) is 13.2 Å². The first-order valence-corrected chi connectivity index (χ1v) is 6.89. The van der Waals surface area contributed by atoms with Crippen molar-refractivity contribution in [2.24, 2.45) is 0 Å². The van der Waals surface area contributed by atoms with Crippen LogP contribution in [0.3, 0.4) is 0 Å². The maximum absolute atomic E-state index is 12.2. The summed E-state index contributed by atoms with van der Waals surface area (Å²) in [7, 11) is -3.65. The molecule has 1 atom stereocenters. The van der Waals surface area contributed by atoms with Crippen molar-refractivity contribution in [1.82, 2.24) is 9.29 Å². The van der Waals surface area contributed by atoms with Gasteiger partial charge in [0, 0.05) is 25.4 Å². The average Bonchev–Trinajstić information content (AvgIpc) is 2.39. The first-order chi connectivity index (χ1) is 8.54. The predicted octanol–water partition coefficient (Wildman–Crippen LogP) is -1.24. The van der Waals surface area contributed by atoms with Crippen molar-refractivity contribution < 1.29 is 18.3 Å². The van der Waals surface area contributed by atoms with Crippen LogP contribution in [0.4, 0.5) is 0 Å². The number of aromatic nitrogens is 1. The molecule has 1 aromatic rings. The van der Waals surface area contributed by atoms with Gasteiger partial charge in [-0.05, 0) is 6.07 Å². The Morgan fingerprint density at radius 1 is 1.50 bits per heavy atom. The largest absolute Gasteiger partial charge is 0.394 e. The molecule has 2 rings (SSSR count). The van der Waals surface area contributed by atoms with E-state index in [1.165, 1.54) is 16.6 Å². The molecule has 0 spiro atoms. The molecular weight excluding hydrogens is 260 g/mol. The van der Waals surface area contributed by atoms with Gasteiger partial charge in [0.25, 0.3) is 0 Å². The van der Waals surface area contributed by atoms with Crippen molar-refractivity contribution in [2.45, 2.75) is 11.0 Å². The summed E-state index contributed by atoms with van der Waals surface area (Å²) in [6.07, 6.45) is 0.664. The highest BCUT2D eigenvalue weighted by molar-refractivity contribution is 7.89. The van der Waals surface area contributed by atoms with Gasteiger partial charge in [-0.1, -0.05) is 0 Å². The molecule has 2 heterocycles. The SMILES string of the molecule is O=c1ccc(S(=O)(=O)N2CCOC(CO)C2)c[nH]1. The summed E-state index contributed by atoms with van der Waals surface area (Å²) in [5, 5.41) is 8.99. The van der Waals surface area contributed by atoms with Crippen molar-refractivity contribution >= 4 is 10.0 Å². The monoisotopic (exact) mass is 274 g/mol. The molecule has 0 amide bonds. The van der Waals surface area contributed by atoms with Crippen molar-refractivity contribution in [3.8, 4) is 0 Å². The summed E-state index contributed by atoms with van der Waals surface area (Å²) >= 11 is 0. The lowest BCUT2D eigenvalue weighted by Crippen LogP contribution is -2.46. The van der Waals surface area contributed by atoms with E-state index in [4.69, 9.17) is 9.84 Å². The molecule has 1 aliphatic heterocycles. The molecule has 0 aliphatic carbocycles. The van der Waals surface area contributed by atoms with Crippen LogP contribution in [-0.4, -0.2) is 55.2 Å². The number of aliphatic hydroxyl groups is 1. The molecule has 1 aliphatic rings.